The maximum Gasteiger partial charge on any atom is 0.305 e. The zero-order valence-corrected chi connectivity index (χ0v) is 19.1. The van der Waals surface area contributed by atoms with Crippen LogP contribution in [0.1, 0.15) is 39.0 Å². The predicted octanol–water partition coefficient (Wildman–Crippen LogP) is 5.87. The summed E-state index contributed by atoms with van der Waals surface area (Å²) in [6.45, 7) is 2.86. The van der Waals surface area contributed by atoms with E-state index < -0.39 is 0 Å². The Balaban J connectivity index is 1.57. The average molecular weight is 444 g/mol. The molecule has 0 bridgehead atoms. The Kier molecular flexibility index (Phi) is 8.53. The second kappa shape index (κ2) is 11.6. The molecule has 0 atom stereocenters. The lowest BCUT2D eigenvalue weighted by atomic mass is 10.1. The number of nitrogens with zero attached hydrogens (tertiary/aromatic N) is 1. The molecule has 166 valence electrons. The van der Waals surface area contributed by atoms with Gasteiger partial charge in [-0.25, -0.2) is 4.98 Å². The molecule has 0 amide bonds. The number of thiazole rings is 1. The number of hydrogen-bond acceptors (Lipinski definition) is 7. The van der Waals surface area contributed by atoms with Gasteiger partial charge in [0.15, 0.2) is 11.5 Å². The first kappa shape index (κ1) is 22.9. The normalized spacial score (nSPS) is 10.8. The van der Waals surface area contributed by atoms with Gasteiger partial charge < -0.3 is 18.9 Å². The summed E-state index contributed by atoms with van der Waals surface area (Å²) in [5, 5.41) is 0.926. The number of hydrogen-bond donors (Lipinski definition) is 0. The molecule has 0 fully saturated rings. The standard InChI is InChI=1S/C24H29NO5S/c1-4-29-23(26)9-7-5-6-8-14-30-21-15-17(10-13-20(21)28-3)24-25-19-12-11-18(27-2)16-22(19)31-24/h10-13,15-16H,4-9,14H2,1-3H3. The molecule has 0 N–H and O–H groups in total. The van der Waals surface area contributed by atoms with Crippen LogP contribution in [0.3, 0.4) is 0 Å². The maximum absolute atomic E-state index is 11.4. The summed E-state index contributed by atoms with van der Waals surface area (Å²) < 4.78 is 22.8. The van der Waals surface area contributed by atoms with Gasteiger partial charge in [-0.1, -0.05) is 12.8 Å². The average Bonchev–Trinajstić information content (AvgIpc) is 3.21. The highest BCUT2D eigenvalue weighted by atomic mass is 32.1. The van der Waals surface area contributed by atoms with Crippen molar-refractivity contribution in [3.05, 3.63) is 36.4 Å². The molecule has 2 aromatic carbocycles. The number of ether oxygens (including phenoxy) is 4. The van der Waals surface area contributed by atoms with Crippen LogP contribution in [-0.2, 0) is 9.53 Å². The zero-order valence-electron chi connectivity index (χ0n) is 18.3. The van der Waals surface area contributed by atoms with E-state index in [0.717, 1.165) is 52.2 Å². The van der Waals surface area contributed by atoms with Crippen LogP contribution in [0.2, 0.25) is 0 Å². The fourth-order valence-corrected chi connectivity index (χ4v) is 4.21. The zero-order chi connectivity index (χ0) is 22.1. The Morgan fingerprint density at radius 3 is 2.58 bits per heavy atom. The van der Waals surface area contributed by atoms with Gasteiger partial charge >= 0.3 is 5.97 Å². The number of methoxy groups -OCH3 is 2. The molecule has 0 aliphatic rings. The van der Waals surface area contributed by atoms with Crippen LogP contribution in [0.4, 0.5) is 0 Å². The minimum atomic E-state index is -0.117. The van der Waals surface area contributed by atoms with Crippen LogP contribution in [0.5, 0.6) is 17.2 Å². The lowest BCUT2D eigenvalue weighted by Crippen LogP contribution is -2.03. The van der Waals surface area contributed by atoms with E-state index in [9.17, 15) is 4.79 Å². The number of fused-ring (bicyclic) bond motifs is 1. The molecule has 0 aliphatic carbocycles. The second-order valence-electron chi connectivity index (χ2n) is 7.04. The minimum Gasteiger partial charge on any atom is -0.497 e. The van der Waals surface area contributed by atoms with Crippen molar-refractivity contribution in [2.24, 2.45) is 0 Å². The van der Waals surface area contributed by atoms with Gasteiger partial charge in [0.25, 0.3) is 0 Å². The van der Waals surface area contributed by atoms with E-state index in [0.29, 0.717) is 31.1 Å². The van der Waals surface area contributed by atoms with Gasteiger partial charge in [0.2, 0.25) is 0 Å². The van der Waals surface area contributed by atoms with Gasteiger partial charge in [0, 0.05) is 12.0 Å². The van der Waals surface area contributed by atoms with Gasteiger partial charge in [-0.05, 0) is 56.2 Å². The van der Waals surface area contributed by atoms with Crippen LogP contribution >= 0.6 is 11.3 Å². The van der Waals surface area contributed by atoms with Crippen molar-refractivity contribution >= 4 is 27.5 Å². The highest BCUT2D eigenvalue weighted by Crippen LogP contribution is 2.37. The molecule has 3 rings (SSSR count). The third-order valence-corrected chi connectivity index (χ3v) is 5.91. The Bertz CT molecular complexity index is 1000. The summed E-state index contributed by atoms with van der Waals surface area (Å²) in [5.41, 5.74) is 1.94. The van der Waals surface area contributed by atoms with Gasteiger partial charge in [-0.15, -0.1) is 11.3 Å². The summed E-state index contributed by atoms with van der Waals surface area (Å²) >= 11 is 1.62. The first-order valence-corrected chi connectivity index (χ1v) is 11.4. The molecule has 31 heavy (non-hydrogen) atoms. The SMILES string of the molecule is CCOC(=O)CCCCCCOc1cc(-c2nc3ccc(OC)cc3s2)ccc1OC. The Labute approximate surface area is 187 Å². The summed E-state index contributed by atoms with van der Waals surface area (Å²) in [7, 11) is 3.30. The van der Waals surface area contributed by atoms with E-state index in [-0.39, 0.29) is 5.97 Å². The van der Waals surface area contributed by atoms with Crippen LogP contribution in [0, 0.1) is 0 Å². The quantitative estimate of drug-likeness (QED) is 0.257. The number of carbonyl (C=O) groups excluding carboxylic acids is 1. The molecule has 3 aromatic rings. The second-order valence-corrected chi connectivity index (χ2v) is 8.07. The van der Waals surface area contributed by atoms with Crippen molar-refractivity contribution in [2.45, 2.75) is 39.0 Å². The lowest BCUT2D eigenvalue weighted by molar-refractivity contribution is -0.143. The molecule has 0 aliphatic heterocycles. The van der Waals surface area contributed by atoms with Crippen molar-refractivity contribution in [1.82, 2.24) is 4.98 Å². The number of carbonyl (C=O) groups is 1. The van der Waals surface area contributed by atoms with Crippen molar-refractivity contribution < 1.29 is 23.7 Å². The van der Waals surface area contributed by atoms with E-state index >= 15 is 0 Å². The van der Waals surface area contributed by atoms with Crippen LogP contribution in [-0.4, -0.2) is 38.4 Å². The van der Waals surface area contributed by atoms with Crippen molar-refractivity contribution in [3.8, 4) is 27.8 Å². The number of unbranched alkanes of at least 4 members (excludes halogenated alkanes) is 3. The Morgan fingerprint density at radius 2 is 1.81 bits per heavy atom. The molecule has 7 heteroatoms. The van der Waals surface area contributed by atoms with E-state index in [4.69, 9.17) is 23.9 Å². The highest BCUT2D eigenvalue weighted by molar-refractivity contribution is 7.21. The highest BCUT2D eigenvalue weighted by Gasteiger charge is 2.12. The molecule has 0 saturated carbocycles. The number of rotatable bonds is 12. The third kappa shape index (κ3) is 6.34. The van der Waals surface area contributed by atoms with E-state index in [1.165, 1.54) is 0 Å². The van der Waals surface area contributed by atoms with E-state index in [1.807, 2.05) is 43.3 Å². The summed E-state index contributed by atoms with van der Waals surface area (Å²) in [4.78, 5) is 16.1. The van der Waals surface area contributed by atoms with Gasteiger partial charge in [0.1, 0.15) is 10.8 Å². The van der Waals surface area contributed by atoms with Crippen LogP contribution in [0.15, 0.2) is 36.4 Å². The summed E-state index contributed by atoms with van der Waals surface area (Å²) in [5.74, 6) is 2.12. The molecule has 1 heterocycles. The number of esters is 1. The van der Waals surface area contributed by atoms with Gasteiger partial charge in [-0.3, -0.25) is 4.79 Å². The summed E-state index contributed by atoms with van der Waals surface area (Å²) in [6.07, 6.45) is 4.23. The van der Waals surface area contributed by atoms with Crippen molar-refractivity contribution in [1.29, 1.82) is 0 Å². The fourth-order valence-electron chi connectivity index (χ4n) is 3.22. The largest absolute Gasteiger partial charge is 0.497 e. The van der Waals surface area contributed by atoms with Crippen molar-refractivity contribution in [3.63, 3.8) is 0 Å². The van der Waals surface area contributed by atoms with Crippen LogP contribution in [0.25, 0.3) is 20.8 Å². The monoisotopic (exact) mass is 443 g/mol. The van der Waals surface area contributed by atoms with E-state index in [2.05, 4.69) is 0 Å². The molecular formula is C24H29NO5S. The Morgan fingerprint density at radius 1 is 0.968 bits per heavy atom. The predicted molar refractivity (Wildman–Crippen MR) is 123 cm³/mol. The molecule has 6 nitrogen and oxygen atoms in total. The van der Waals surface area contributed by atoms with Gasteiger partial charge in [0.05, 0.1) is 37.6 Å². The first-order valence-electron chi connectivity index (χ1n) is 10.6. The molecule has 1 aromatic heterocycles. The first-order chi connectivity index (χ1) is 15.1. The molecule has 0 radical (unpaired) electrons. The molecule has 0 unspecified atom stereocenters. The van der Waals surface area contributed by atoms with Gasteiger partial charge in [-0.2, -0.15) is 0 Å². The van der Waals surface area contributed by atoms with Crippen molar-refractivity contribution in [2.75, 3.05) is 27.4 Å². The fraction of sp³-hybridized carbons (Fsp3) is 0.417. The smallest absolute Gasteiger partial charge is 0.305 e. The molecular weight excluding hydrogens is 414 g/mol. The summed E-state index contributed by atoms with van der Waals surface area (Å²) in [6, 6.07) is 11.8. The third-order valence-electron chi connectivity index (χ3n) is 4.84. The van der Waals surface area contributed by atoms with E-state index in [1.54, 1.807) is 25.6 Å². The lowest BCUT2D eigenvalue weighted by Gasteiger charge is -2.11. The topological polar surface area (TPSA) is 66.9 Å². The molecule has 0 spiro atoms. The molecule has 0 saturated heterocycles. The number of aromatic nitrogens is 1. The Hall–Kier alpha value is -2.80. The minimum absolute atomic E-state index is 0.117. The number of benzene rings is 2. The van der Waals surface area contributed by atoms with Crippen LogP contribution < -0.4 is 14.2 Å². The maximum atomic E-state index is 11.4.